The molecule has 8 heteroatoms. The summed E-state index contributed by atoms with van der Waals surface area (Å²) in [6, 6.07) is 11.7. The number of hydrogen-bond donors (Lipinski definition) is 3. The summed E-state index contributed by atoms with van der Waals surface area (Å²) in [6.45, 7) is 1.23. The topological polar surface area (TPSA) is 122 Å². The Labute approximate surface area is 142 Å². The van der Waals surface area contributed by atoms with Crippen molar-refractivity contribution in [1.29, 1.82) is 0 Å². The van der Waals surface area contributed by atoms with E-state index in [1.165, 1.54) is 43.3 Å². The summed E-state index contributed by atoms with van der Waals surface area (Å²) < 4.78 is 0. The molecule has 3 N–H and O–H groups in total. The smallest absolute Gasteiger partial charge is 0.272 e. The SMILES string of the molecule is CC(=O)N/C(=C\c1cccc([N+](=O)[O-])c1)C(=O)Nc1ccccc1O. The number of carbonyl (C=O) groups excluding carboxylic acids is 2. The van der Waals surface area contributed by atoms with Crippen molar-refractivity contribution >= 4 is 29.3 Å². The Hall–Kier alpha value is -3.68. The lowest BCUT2D eigenvalue weighted by molar-refractivity contribution is -0.384. The number of para-hydroxylation sites is 2. The van der Waals surface area contributed by atoms with Crippen molar-refractivity contribution in [2.75, 3.05) is 5.32 Å². The maximum absolute atomic E-state index is 12.4. The zero-order valence-corrected chi connectivity index (χ0v) is 13.2. The first-order chi connectivity index (χ1) is 11.9. The zero-order valence-electron chi connectivity index (χ0n) is 13.2. The van der Waals surface area contributed by atoms with Crippen LogP contribution in [0.3, 0.4) is 0 Å². The fourth-order valence-electron chi connectivity index (χ4n) is 2.01. The standard InChI is InChI=1S/C17H15N3O5/c1-11(21)18-15(10-12-5-4-6-13(9-12)20(24)25)17(23)19-14-7-2-3-8-16(14)22/h2-10,22H,1H3,(H,18,21)(H,19,23)/b15-10-. The molecule has 0 heterocycles. The molecule has 8 nitrogen and oxygen atoms in total. The number of carbonyl (C=O) groups is 2. The molecule has 2 aromatic carbocycles. The van der Waals surface area contributed by atoms with Crippen LogP contribution in [0.5, 0.6) is 5.75 Å². The third-order valence-electron chi connectivity index (χ3n) is 3.10. The molecule has 0 atom stereocenters. The van der Waals surface area contributed by atoms with Crippen LogP contribution in [0.2, 0.25) is 0 Å². The third kappa shape index (κ3) is 4.90. The van der Waals surface area contributed by atoms with Gasteiger partial charge in [-0.3, -0.25) is 19.7 Å². The van der Waals surface area contributed by atoms with Gasteiger partial charge in [0.1, 0.15) is 11.4 Å². The summed E-state index contributed by atoms with van der Waals surface area (Å²) in [4.78, 5) is 34.0. The molecule has 0 saturated carbocycles. The molecule has 0 aliphatic rings. The summed E-state index contributed by atoms with van der Waals surface area (Å²) in [5.74, 6) is -1.29. The van der Waals surface area contributed by atoms with Crippen molar-refractivity contribution in [2.45, 2.75) is 6.92 Å². The van der Waals surface area contributed by atoms with Crippen molar-refractivity contribution < 1.29 is 19.6 Å². The highest BCUT2D eigenvalue weighted by molar-refractivity contribution is 6.09. The molecule has 25 heavy (non-hydrogen) atoms. The Balaban J connectivity index is 2.33. The van der Waals surface area contributed by atoms with E-state index in [0.29, 0.717) is 5.56 Å². The molecule has 2 amide bonds. The molecule has 2 rings (SSSR count). The van der Waals surface area contributed by atoms with Crippen LogP contribution in [-0.2, 0) is 9.59 Å². The number of nitro groups is 1. The summed E-state index contributed by atoms with van der Waals surface area (Å²) in [7, 11) is 0. The van der Waals surface area contributed by atoms with Crippen molar-refractivity contribution in [2.24, 2.45) is 0 Å². The van der Waals surface area contributed by atoms with E-state index < -0.39 is 16.7 Å². The molecule has 0 aliphatic carbocycles. The fraction of sp³-hybridized carbons (Fsp3) is 0.0588. The molecule has 0 unspecified atom stereocenters. The second-order valence-electron chi connectivity index (χ2n) is 5.06. The molecular formula is C17H15N3O5. The number of rotatable bonds is 5. The Morgan fingerprint density at radius 3 is 2.52 bits per heavy atom. The molecular weight excluding hydrogens is 326 g/mol. The largest absolute Gasteiger partial charge is 0.506 e. The number of nitro benzene ring substituents is 1. The van der Waals surface area contributed by atoms with E-state index in [1.807, 2.05) is 0 Å². The van der Waals surface area contributed by atoms with Gasteiger partial charge in [0, 0.05) is 19.1 Å². The van der Waals surface area contributed by atoms with E-state index in [0.717, 1.165) is 0 Å². The Bertz CT molecular complexity index is 861. The number of benzene rings is 2. The van der Waals surface area contributed by atoms with Crippen molar-refractivity contribution in [1.82, 2.24) is 5.32 Å². The average molecular weight is 341 g/mol. The van der Waals surface area contributed by atoms with Gasteiger partial charge in [-0.2, -0.15) is 0 Å². The quantitative estimate of drug-likeness (QED) is 0.334. The number of amides is 2. The minimum atomic E-state index is -0.678. The van der Waals surface area contributed by atoms with Crippen LogP contribution >= 0.6 is 0 Å². The summed E-state index contributed by atoms with van der Waals surface area (Å²) in [5.41, 5.74) is 0.279. The highest BCUT2D eigenvalue weighted by Crippen LogP contribution is 2.22. The Kier molecular flexibility index (Phi) is 5.47. The fourth-order valence-corrected chi connectivity index (χ4v) is 2.01. The van der Waals surface area contributed by atoms with Crippen LogP contribution < -0.4 is 10.6 Å². The minimum Gasteiger partial charge on any atom is -0.506 e. The minimum absolute atomic E-state index is 0.115. The van der Waals surface area contributed by atoms with Crippen LogP contribution in [0.15, 0.2) is 54.2 Å². The van der Waals surface area contributed by atoms with Gasteiger partial charge in [0.05, 0.1) is 10.6 Å². The van der Waals surface area contributed by atoms with Crippen LogP contribution in [0.4, 0.5) is 11.4 Å². The molecule has 0 aromatic heterocycles. The Morgan fingerprint density at radius 1 is 1.16 bits per heavy atom. The molecule has 0 saturated heterocycles. The number of anilines is 1. The lowest BCUT2D eigenvalue weighted by Crippen LogP contribution is -2.28. The van der Waals surface area contributed by atoms with E-state index in [1.54, 1.807) is 18.2 Å². The molecule has 0 aliphatic heterocycles. The summed E-state index contributed by atoms with van der Waals surface area (Å²) >= 11 is 0. The first-order valence-electron chi connectivity index (χ1n) is 7.20. The lowest BCUT2D eigenvalue weighted by Gasteiger charge is -2.10. The third-order valence-corrected chi connectivity index (χ3v) is 3.10. The van der Waals surface area contributed by atoms with E-state index in [9.17, 15) is 24.8 Å². The molecule has 0 radical (unpaired) electrons. The summed E-state index contributed by atoms with van der Waals surface area (Å²) in [6.07, 6.45) is 1.31. The normalized spacial score (nSPS) is 10.8. The molecule has 2 aromatic rings. The van der Waals surface area contributed by atoms with Crippen LogP contribution in [-0.4, -0.2) is 21.8 Å². The first-order valence-corrected chi connectivity index (χ1v) is 7.20. The van der Waals surface area contributed by atoms with Gasteiger partial charge in [0.25, 0.3) is 11.6 Å². The van der Waals surface area contributed by atoms with Crippen LogP contribution in [0.1, 0.15) is 12.5 Å². The number of nitrogens with zero attached hydrogens (tertiary/aromatic N) is 1. The lowest BCUT2D eigenvalue weighted by atomic mass is 10.1. The zero-order chi connectivity index (χ0) is 18.4. The first kappa shape index (κ1) is 17.7. The maximum Gasteiger partial charge on any atom is 0.272 e. The highest BCUT2D eigenvalue weighted by atomic mass is 16.6. The summed E-state index contributed by atoms with van der Waals surface area (Å²) in [5, 5.41) is 25.4. The number of non-ortho nitro benzene ring substituents is 1. The number of phenols is 1. The second-order valence-corrected chi connectivity index (χ2v) is 5.06. The van der Waals surface area contributed by atoms with Gasteiger partial charge in [0.15, 0.2) is 0 Å². The second kappa shape index (κ2) is 7.73. The number of nitrogens with one attached hydrogen (secondary N) is 2. The van der Waals surface area contributed by atoms with Gasteiger partial charge in [-0.05, 0) is 23.8 Å². The van der Waals surface area contributed by atoms with E-state index >= 15 is 0 Å². The predicted molar refractivity (Wildman–Crippen MR) is 91.6 cm³/mol. The number of aromatic hydroxyl groups is 1. The van der Waals surface area contributed by atoms with Crippen molar-refractivity contribution in [3.63, 3.8) is 0 Å². The van der Waals surface area contributed by atoms with Crippen LogP contribution in [0, 0.1) is 10.1 Å². The van der Waals surface area contributed by atoms with Gasteiger partial charge in [-0.1, -0.05) is 24.3 Å². The number of phenolic OH excluding ortho intramolecular Hbond substituents is 1. The highest BCUT2D eigenvalue weighted by Gasteiger charge is 2.14. The number of hydrogen-bond acceptors (Lipinski definition) is 5. The van der Waals surface area contributed by atoms with Gasteiger partial charge in [0.2, 0.25) is 5.91 Å². The van der Waals surface area contributed by atoms with Gasteiger partial charge in [-0.25, -0.2) is 0 Å². The van der Waals surface area contributed by atoms with Crippen molar-refractivity contribution in [3.8, 4) is 5.75 Å². The monoisotopic (exact) mass is 341 g/mol. The molecule has 0 bridgehead atoms. The maximum atomic E-state index is 12.4. The molecule has 0 spiro atoms. The average Bonchev–Trinajstić information content (AvgIpc) is 2.56. The van der Waals surface area contributed by atoms with Crippen molar-refractivity contribution in [3.05, 3.63) is 69.9 Å². The molecule has 0 fully saturated rings. The van der Waals surface area contributed by atoms with E-state index in [-0.39, 0.29) is 22.8 Å². The molecule has 128 valence electrons. The van der Waals surface area contributed by atoms with E-state index in [4.69, 9.17) is 0 Å². The van der Waals surface area contributed by atoms with E-state index in [2.05, 4.69) is 10.6 Å². The predicted octanol–water partition coefficient (Wildman–Crippen LogP) is 2.42. The van der Waals surface area contributed by atoms with Gasteiger partial charge in [-0.15, -0.1) is 0 Å². The Morgan fingerprint density at radius 2 is 1.88 bits per heavy atom. The van der Waals surface area contributed by atoms with Gasteiger partial charge >= 0.3 is 0 Å². The van der Waals surface area contributed by atoms with Gasteiger partial charge < -0.3 is 15.7 Å². The van der Waals surface area contributed by atoms with Crippen LogP contribution in [0.25, 0.3) is 6.08 Å².